The summed E-state index contributed by atoms with van der Waals surface area (Å²) in [5.41, 5.74) is 5.17. The Balaban J connectivity index is 1.42. The fourth-order valence-corrected chi connectivity index (χ4v) is 5.51. The largest absolute Gasteiger partial charge is 0.350 e. The number of carbonyl (C=O) groups is 4. The van der Waals surface area contributed by atoms with Crippen molar-refractivity contribution in [2.45, 2.75) is 59.2 Å². The molecule has 1 aromatic carbocycles. The van der Waals surface area contributed by atoms with Gasteiger partial charge in [0.05, 0.1) is 16.1 Å². The van der Waals surface area contributed by atoms with Gasteiger partial charge in [-0.1, -0.05) is 38.1 Å². The molecule has 0 aliphatic carbocycles. The summed E-state index contributed by atoms with van der Waals surface area (Å²) in [7, 11) is 0. The smallest absolute Gasteiger partial charge is 0.257 e. The van der Waals surface area contributed by atoms with Crippen molar-refractivity contribution in [2.24, 2.45) is 5.92 Å². The molecule has 9 heteroatoms. The molecule has 2 aliphatic rings. The number of aryl methyl sites for hydroxylation is 1. The molecule has 35 heavy (non-hydrogen) atoms. The third kappa shape index (κ3) is 4.91. The molecule has 4 rings (SSSR count). The highest BCUT2D eigenvalue weighted by Gasteiger charge is 2.45. The van der Waals surface area contributed by atoms with Crippen molar-refractivity contribution in [1.29, 1.82) is 0 Å². The molecule has 0 bridgehead atoms. The van der Waals surface area contributed by atoms with Crippen molar-refractivity contribution in [3.05, 3.63) is 52.7 Å². The Morgan fingerprint density at radius 1 is 1.17 bits per heavy atom. The van der Waals surface area contributed by atoms with Gasteiger partial charge in [-0.2, -0.15) is 0 Å². The van der Waals surface area contributed by atoms with E-state index in [1.54, 1.807) is 32.1 Å². The minimum absolute atomic E-state index is 0.228. The van der Waals surface area contributed by atoms with Crippen LogP contribution in [0.15, 0.2) is 41.4 Å². The van der Waals surface area contributed by atoms with E-state index in [4.69, 9.17) is 0 Å². The lowest BCUT2D eigenvalue weighted by atomic mass is 10.00. The zero-order valence-corrected chi connectivity index (χ0v) is 21.2. The van der Waals surface area contributed by atoms with E-state index >= 15 is 0 Å². The van der Waals surface area contributed by atoms with E-state index in [0.717, 1.165) is 26.6 Å². The monoisotopic (exact) mass is 494 g/mol. The maximum absolute atomic E-state index is 13.5. The number of nitrogens with one attached hydrogen (secondary N) is 1. The maximum Gasteiger partial charge on any atom is 0.257 e. The van der Waals surface area contributed by atoms with Crippen LogP contribution in [-0.2, 0) is 25.7 Å². The second-order valence-electron chi connectivity index (χ2n) is 9.40. The summed E-state index contributed by atoms with van der Waals surface area (Å²) >= 11 is 1.59. The van der Waals surface area contributed by atoms with Crippen LogP contribution in [0, 0.1) is 12.8 Å². The third-order valence-electron chi connectivity index (χ3n) is 6.56. The SMILES string of the molecule is CC1=CC(=O)N([C@H](C(=O)N2CCC[C@H]2C(=O)NCc2ccc(-c3scnc3C)cc2)C(C)C)C1=O. The molecule has 2 aromatic rings. The van der Waals surface area contributed by atoms with Gasteiger partial charge >= 0.3 is 0 Å². The molecule has 8 nitrogen and oxygen atoms in total. The number of aromatic nitrogens is 1. The summed E-state index contributed by atoms with van der Waals surface area (Å²) in [5, 5.41) is 2.95. The third-order valence-corrected chi connectivity index (χ3v) is 7.54. The second-order valence-corrected chi connectivity index (χ2v) is 10.3. The van der Waals surface area contributed by atoms with Crippen LogP contribution in [0.25, 0.3) is 10.4 Å². The lowest BCUT2D eigenvalue weighted by molar-refractivity contribution is -0.153. The first-order valence-corrected chi connectivity index (χ1v) is 12.7. The summed E-state index contributed by atoms with van der Waals surface area (Å²) in [6.07, 6.45) is 2.50. The standard InChI is InChI=1S/C26H30N4O4S/c1-15(2)22(30-21(31)12-16(3)25(30)33)26(34)29-11-5-6-20(29)24(32)27-13-18-7-9-19(10-8-18)23-17(4)28-14-35-23/h7-10,12,14-15,20,22H,5-6,11,13H2,1-4H3,(H,27,32)/t20-,22-/m0/s1. The molecule has 3 heterocycles. The number of nitrogens with zero attached hydrogens (tertiary/aromatic N) is 3. The van der Waals surface area contributed by atoms with Gasteiger partial charge in [-0.3, -0.25) is 24.1 Å². The molecule has 1 aromatic heterocycles. The topological polar surface area (TPSA) is 99.7 Å². The predicted octanol–water partition coefficient (Wildman–Crippen LogP) is 3.07. The highest BCUT2D eigenvalue weighted by atomic mass is 32.1. The molecule has 0 radical (unpaired) electrons. The van der Waals surface area contributed by atoms with E-state index in [1.165, 1.54) is 11.0 Å². The first kappa shape index (κ1) is 24.8. The van der Waals surface area contributed by atoms with Crippen LogP contribution in [0.5, 0.6) is 0 Å². The fraction of sp³-hybridized carbons (Fsp3) is 0.423. The van der Waals surface area contributed by atoms with Gasteiger partial charge in [-0.15, -0.1) is 11.3 Å². The number of carbonyl (C=O) groups excluding carboxylic acids is 4. The average molecular weight is 495 g/mol. The maximum atomic E-state index is 13.5. The average Bonchev–Trinajstić information content (AvgIpc) is 3.54. The molecule has 2 aliphatic heterocycles. The van der Waals surface area contributed by atoms with E-state index < -0.39 is 23.9 Å². The Hall–Kier alpha value is -3.33. The molecule has 1 N–H and O–H groups in total. The first-order valence-electron chi connectivity index (χ1n) is 11.8. The van der Waals surface area contributed by atoms with Gasteiger partial charge in [0.15, 0.2) is 0 Å². The molecule has 184 valence electrons. The first-order chi connectivity index (χ1) is 16.7. The van der Waals surface area contributed by atoms with E-state index in [2.05, 4.69) is 10.3 Å². The summed E-state index contributed by atoms with van der Waals surface area (Å²) in [6, 6.07) is 6.42. The van der Waals surface area contributed by atoms with Crippen LogP contribution in [0.3, 0.4) is 0 Å². The number of rotatable bonds is 7. The summed E-state index contributed by atoms with van der Waals surface area (Å²) in [6.45, 7) is 7.92. The van der Waals surface area contributed by atoms with Crippen molar-refractivity contribution in [3.8, 4) is 10.4 Å². The summed E-state index contributed by atoms with van der Waals surface area (Å²) in [4.78, 5) is 59.5. The number of likely N-dealkylation sites (tertiary alicyclic amines) is 1. The highest BCUT2D eigenvalue weighted by Crippen LogP contribution is 2.28. The summed E-state index contributed by atoms with van der Waals surface area (Å²) < 4.78 is 0. The lowest BCUT2D eigenvalue weighted by Crippen LogP contribution is -2.56. The molecular weight excluding hydrogens is 464 g/mol. The number of imide groups is 1. The normalized spacial score (nSPS) is 18.9. The second kappa shape index (κ2) is 10.1. The lowest BCUT2D eigenvalue weighted by Gasteiger charge is -2.34. The molecular formula is C26H30N4O4S. The minimum atomic E-state index is -0.931. The van der Waals surface area contributed by atoms with Gasteiger partial charge < -0.3 is 10.2 Å². The van der Waals surface area contributed by atoms with Gasteiger partial charge in [-0.05, 0) is 43.7 Å². The van der Waals surface area contributed by atoms with Crippen molar-refractivity contribution < 1.29 is 19.2 Å². The van der Waals surface area contributed by atoms with Crippen molar-refractivity contribution in [1.82, 2.24) is 20.1 Å². The molecule has 1 fully saturated rings. The van der Waals surface area contributed by atoms with Gasteiger partial charge in [0.2, 0.25) is 11.8 Å². The van der Waals surface area contributed by atoms with E-state index in [1.807, 2.05) is 36.7 Å². The molecule has 1 saturated heterocycles. The van der Waals surface area contributed by atoms with Gasteiger partial charge in [0.25, 0.3) is 11.8 Å². The van der Waals surface area contributed by atoms with E-state index in [-0.39, 0.29) is 17.7 Å². The van der Waals surface area contributed by atoms with Crippen LogP contribution in [0.4, 0.5) is 0 Å². The van der Waals surface area contributed by atoms with Crippen LogP contribution >= 0.6 is 11.3 Å². The number of thiazole rings is 1. The van der Waals surface area contributed by atoms with Crippen LogP contribution < -0.4 is 5.32 Å². The number of hydrogen-bond acceptors (Lipinski definition) is 6. The zero-order valence-electron chi connectivity index (χ0n) is 20.4. The van der Waals surface area contributed by atoms with Crippen LogP contribution in [-0.4, -0.2) is 57.0 Å². The summed E-state index contributed by atoms with van der Waals surface area (Å²) in [5.74, 6) is -1.78. The van der Waals surface area contributed by atoms with Crippen LogP contribution in [0.1, 0.15) is 44.9 Å². The highest BCUT2D eigenvalue weighted by molar-refractivity contribution is 7.13. The van der Waals surface area contributed by atoms with Gasteiger partial charge in [0, 0.05) is 24.7 Å². The number of benzene rings is 1. The fourth-order valence-electron chi connectivity index (χ4n) is 4.70. The minimum Gasteiger partial charge on any atom is -0.350 e. The zero-order chi connectivity index (χ0) is 25.3. The number of hydrogen-bond donors (Lipinski definition) is 1. The van der Waals surface area contributed by atoms with Crippen molar-refractivity contribution in [2.75, 3.05) is 6.54 Å². The Bertz CT molecular complexity index is 1180. The van der Waals surface area contributed by atoms with E-state index in [9.17, 15) is 19.2 Å². The molecule has 0 unspecified atom stereocenters. The van der Waals surface area contributed by atoms with E-state index in [0.29, 0.717) is 31.5 Å². The molecule has 4 amide bonds. The van der Waals surface area contributed by atoms with Crippen LogP contribution in [0.2, 0.25) is 0 Å². The molecule has 0 spiro atoms. The predicted molar refractivity (Wildman–Crippen MR) is 133 cm³/mol. The molecule has 0 saturated carbocycles. The van der Waals surface area contributed by atoms with Crippen molar-refractivity contribution >= 4 is 35.0 Å². The Morgan fingerprint density at radius 2 is 1.89 bits per heavy atom. The quantitative estimate of drug-likeness (QED) is 0.597. The molecule has 2 atom stereocenters. The van der Waals surface area contributed by atoms with Gasteiger partial charge in [-0.25, -0.2) is 4.98 Å². The Kier molecular flexibility index (Phi) is 7.16. The Labute approximate surface area is 209 Å². The van der Waals surface area contributed by atoms with Gasteiger partial charge in [0.1, 0.15) is 12.1 Å². The number of amides is 4. The Morgan fingerprint density at radius 3 is 2.46 bits per heavy atom. The van der Waals surface area contributed by atoms with Crippen molar-refractivity contribution in [3.63, 3.8) is 0 Å².